The Morgan fingerprint density at radius 3 is 2.47 bits per heavy atom. The molecule has 1 amide bonds. The van der Waals surface area contributed by atoms with E-state index in [1.54, 1.807) is 18.2 Å². The Bertz CT molecular complexity index is 1760. The highest BCUT2D eigenvalue weighted by molar-refractivity contribution is 7.93. The maximum absolute atomic E-state index is 14.9. The van der Waals surface area contributed by atoms with Crippen LogP contribution in [-0.4, -0.2) is 36.2 Å². The minimum atomic E-state index is -3.60. The van der Waals surface area contributed by atoms with Crippen molar-refractivity contribution in [3.8, 4) is 5.69 Å². The number of nitrogens with zero attached hydrogens (tertiary/aromatic N) is 3. The molecule has 1 aliphatic rings. The Labute approximate surface area is 225 Å². The van der Waals surface area contributed by atoms with Crippen LogP contribution in [-0.2, 0) is 16.6 Å². The van der Waals surface area contributed by atoms with Gasteiger partial charge in [-0.3, -0.25) is 18.5 Å². The molecular weight excluding hydrogens is 561 g/mol. The predicted molar refractivity (Wildman–Crippen MR) is 141 cm³/mol. The van der Waals surface area contributed by atoms with Crippen LogP contribution in [0.15, 0.2) is 59.5 Å². The van der Waals surface area contributed by atoms with E-state index in [-0.39, 0.29) is 46.9 Å². The molecular formula is C25H18Cl2F2N4O4S. The summed E-state index contributed by atoms with van der Waals surface area (Å²) in [6.45, 7) is 0.102. The maximum Gasteiger partial charge on any atom is 0.257 e. The van der Waals surface area contributed by atoms with Crippen LogP contribution in [0.4, 0.5) is 14.6 Å². The van der Waals surface area contributed by atoms with Crippen LogP contribution < -0.4 is 15.1 Å². The van der Waals surface area contributed by atoms with E-state index in [0.717, 1.165) is 27.2 Å². The van der Waals surface area contributed by atoms with Gasteiger partial charge in [-0.05, 0) is 42.8 Å². The van der Waals surface area contributed by atoms with E-state index < -0.39 is 33.0 Å². The largest absolute Gasteiger partial charge is 0.348 e. The normalized spacial score (nSPS) is 14.7. The zero-order chi connectivity index (χ0) is 27.2. The van der Waals surface area contributed by atoms with E-state index in [2.05, 4.69) is 10.3 Å². The molecule has 5 rings (SSSR count). The predicted octanol–water partition coefficient (Wildman–Crippen LogP) is 4.44. The van der Waals surface area contributed by atoms with Crippen LogP contribution in [0.3, 0.4) is 0 Å². The number of hydrogen-bond donors (Lipinski definition) is 1. The zero-order valence-corrected chi connectivity index (χ0v) is 21.7. The number of anilines is 1. The highest BCUT2D eigenvalue weighted by Crippen LogP contribution is 2.27. The minimum absolute atomic E-state index is 0.0382. The molecule has 0 unspecified atom stereocenters. The van der Waals surface area contributed by atoms with E-state index in [1.165, 1.54) is 12.1 Å². The number of pyridine rings is 2. The number of benzene rings is 2. The first-order chi connectivity index (χ1) is 18.1. The molecule has 1 saturated heterocycles. The Morgan fingerprint density at radius 1 is 1.08 bits per heavy atom. The van der Waals surface area contributed by atoms with E-state index in [1.807, 2.05) is 0 Å². The van der Waals surface area contributed by atoms with E-state index in [0.29, 0.717) is 28.1 Å². The zero-order valence-electron chi connectivity index (χ0n) is 19.4. The molecule has 38 heavy (non-hydrogen) atoms. The summed E-state index contributed by atoms with van der Waals surface area (Å²) in [6.07, 6.45) is 1.48. The number of hydrogen-bond acceptors (Lipinski definition) is 5. The smallest absolute Gasteiger partial charge is 0.257 e. The Morgan fingerprint density at radius 2 is 1.82 bits per heavy atom. The van der Waals surface area contributed by atoms with Gasteiger partial charge >= 0.3 is 0 Å². The van der Waals surface area contributed by atoms with Gasteiger partial charge in [-0.2, -0.15) is 0 Å². The van der Waals surface area contributed by atoms with Crippen molar-refractivity contribution in [2.75, 3.05) is 16.6 Å². The first-order valence-corrected chi connectivity index (χ1v) is 13.7. The van der Waals surface area contributed by atoms with Crippen LogP contribution in [0, 0.1) is 11.6 Å². The molecule has 0 atom stereocenters. The summed E-state index contributed by atoms with van der Waals surface area (Å²) in [5, 5.41) is 3.15. The number of nitrogens with one attached hydrogen (secondary N) is 1. The molecule has 0 aliphatic carbocycles. The number of sulfonamides is 1. The lowest BCUT2D eigenvalue weighted by molar-refractivity contribution is 0.0949. The van der Waals surface area contributed by atoms with Crippen LogP contribution in [0.2, 0.25) is 10.0 Å². The van der Waals surface area contributed by atoms with E-state index in [9.17, 15) is 26.8 Å². The van der Waals surface area contributed by atoms with Gasteiger partial charge in [-0.15, -0.1) is 0 Å². The summed E-state index contributed by atoms with van der Waals surface area (Å²) in [4.78, 5) is 30.8. The molecule has 2 aromatic heterocycles. The van der Waals surface area contributed by atoms with Crippen molar-refractivity contribution in [2.45, 2.75) is 13.0 Å². The SMILES string of the molecule is O=C(NCc1c(Cl)cccc1Cl)c1cn(-c2ccc(F)cc2F)c2nc(N3CCCS3(=O)=O)ccc2c1=O. The molecule has 1 N–H and O–H groups in total. The van der Waals surface area contributed by atoms with Crippen molar-refractivity contribution < 1.29 is 22.0 Å². The van der Waals surface area contributed by atoms with Crippen molar-refractivity contribution in [1.29, 1.82) is 0 Å². The van der Waals surface area contributed by atoms with Crippen LogP contribution >= 0.6 is 23.2 Å². The Hall–Kier alpha value is -3.54. The molecule has 196 valence electrons. The molecule has 8 nitrogen and oxygen atoms in total. The van der Waals surface area contributed by atoms with Gasteiger partial charge in [-0.25, -0.2) is 22.2 Å². The number of fused-ring (bicyclic) bond motifs is 1. The van der Waals surface area contributed by atoms with Crippen molar-refractivity contribution in [2.24, 2.45) is 0 Å². The molecule has 2 aromatic carbocycles. The highest BCUT2D eigenvalue weighted by atomic mass is 35.5. The third-order valence-corrected chi connectivity index (χ3v) is 8.65. The number of carbonyl (C=O) groups excluding carboxylic acids is 1. The van der Waals surface area contributed by atoms with Gasteiger partial charge in [0.15, 0.2) is 5.65 Å². The summed E-state index contributed by atoms with van der Waals surface area (Å²) in [5.74, 6) is -2.62. The first kappa shape index (κ1) is 26.1. The van der Waals surface area contributed by atoms with Crippen LogP contribution in [0.1, 0.15) is 22.3 Å². The summed E-state index contributed by atoms with van der Waals surface area (Å²) in [6, 6.07) is 10.3. The third kappa shape index (κ3) is 4.72. The third-order valence-electron chi connectivity index (χ3n) is 6.09. The van der Waals surface area contributed by atoms with Gasteiger partial charge in [0.1, 0.15) is 23.0 Å². The summed E-state index contributed by atoms with van der Waals surface area (Å²) in [7, 11) is -3.60. The topological polar surface area (TPSA) is 101 Å². The van der Waals surface area contributed by atoms with Crippen molar-refractivity contribution in [1.82, 2.24) is 14.9 Å². The Balaban J connectivity index is 1.65. The van der Waals surface area contributed by atoms with Crippen LogP contribution in [0.25, 0.3) is 16.7 Å². The fourth-order valence-electron chi connectivity index (χ4n) is 4.22. The maximum atomic E-state index is 14.9. The van der Waals surface area contributed by atoms with E-state index in [4.69, 9.17) is 23.2 Å². The van der Waals surface area contributed by atoms with Gasteiger partial charge in [0, 0.05) is 41.0 Å². The average Bonchev–Trinajstić information content (AvgIpc) is 3.23. The van der Waals surface area contributed by atoms with Gasteiger partial charge in [0.05, 0.1) is 16.8 Å². The van der Waals surface area contributed by atoms with Crippen LogP contribution in [0.5, 0.6) is 0 Å². The second-order valence-electron chi connectivity index (χ2n) is 8.50. The summed E-state index contributed by atoms with van der Waals surface area (Å²) in [5.41, 5.74) is -0.940. The molecule has 0 saturated carbocycles. The van der Waals surface area contributed by atoms with Crippen molar-refractivity contribution in [3.05, 3.63) is 97.8 Å². The number of carbonyl (C=O) groups is 1. The number of amides is 1. The van der Waals surface area contributed by atoms with Crippen molar-refractivity contribution >= 4 is 56.0 Å². The molecule has 3 heterocycles. The summed E-state index contributed by atoms with van der Waals surface area (Å²) >= 11 is 12.3. The number of aromatic nitrogens is 2. The lowest BCUT2D eigenvalue weighted by Gasteiger charge is -2.18. The van der Waals surface area contributed by atoms with Crippen molar-refractivity contribution in [3.63, 3.8) is 0 Å². The number of rotatable bonds is 5. The molecule has 0 bridgehead atoms. The standard InChI is InChI=1S/C25H18Cl2F2N4O4S/c26-18-3-1-4-19(27)16(18)12-30-25(35)17-13-32(21-7-5-14(28)11-20(21)29)24-15(23(17)34)6-8-22(31-24)33-9-2-10-38(33,36)37/h1,3-8,11,13H,2,9-10,12H2,(H,30,35). The number of halogens is 4. The lowest BCUT2D eigenvalue weighted by Crippen LogP contribution is -2.30. The quantitative estimate of drug-likeness (QED) is 0.377. The summed E-state index contributed by atoms with van der Waals surface area (Å²) < 4.78 is 55.6. The lowest BCUT2D eigenvalue weighted by atomic mass is 10.1. The second kappa shape index (κ2) is 9.97. The fourth-order valence-corrected chi connectivity index (χ4v) is 6.26. The van der Waals surface area contributed by atoms with E-state index >= 15 is 0 Å². The molecule has 4 aromatic rings. The van der Waals surface area contributed by atoms with Gasteiger partial charge < -0.3 is 5.32 Å². The molecule has 0 spiro atoms. The van der Waals surface area contributed by atoms with Gasteiger partial charge in [0.25, 0.3) is 5.91 Å². The highest BCUT2D eigenvalue weighted by Gasteiger charge is 2.30. The fraction of sp³-hybridized carbons (Fsp3) is 0.160. The molecule has 13 heteroatoms. The molecule has 1 aliphatic heterocycles. The van der Waals surface area contributed by atoms with Gasteiger partial charge in [0.2, 0.25) is 15.5 Å². The first-order valence-electron chi connectivity index (χ1n) is 11.3. The molecule has 1 fully saturated rings. The minimum Gasteiger partial charge on any atom is -0.348 e. The second-order valence-corrected chi connectivity index (χ2v) is 11.3. The molecule has 0 radical (unpaired) electrons. The average molecular weight is 579 g/mol. The Kier molecular flexibility index (Phi) is 6.84. The monoisotopic (exact) mass is 578 g/mol. The van der Waals surface area contributed by atoms with Gasteiger partial charge in [-0.1, -0.05) is 29.3 Å².